The van der Waals surface area contributed by atoms with Crippen LogP contribution in [0.1, 0.15) is 34.1 Å². The molecule has 5 nitrogen and oxygen atoms in total. The summed E-state index contributed by atoms with van der Waals surface area (Å²) in [5.41, 5.74) is 0.433. The van der Waals surface area contributed by atoms with E-state index >= 15 is 0 Å². The number of nitrogens with one attached hydrogen (secondary N) is 2. The molecule has 0 spiro atoms. The summed E-state index contributed by atoms with van der Waals surface area (Å²) in [6.45, 7) is 9.82. The number of thioether (sulfide) groups is 1. The summed E-state index contributed by atoms with van der Waals surface area (Å²) < 4.78 is 0. The Bertz CT molecular complexity index is 355. The minimum Gasteiger partial charge on any atom is -0.354 e. The fourth-order valence-corrected chi connectivity index (χ4v) is 2.39. The number of carbonyl (C=O) groups is 3. The van der Waals surface area contributed by atoms with Crippen molar-refractivity contribution >= 4 is 28.7 Å². The van der Waals surface area contributed by atoms with Crippen LogP contribution >= 0.6 is 11.8 Å². The van der Waals surface area contributed by atoms with E-state index in [2.05, 4.69) is 17.2 Å². The molecule has 0 radical (unpaired) electrons. The predicted octanol–water partition coefficient (Wildman–Crippen LogP) is 1.20. The van der Waals surface area contributed by atoms with Crippen LogP contribution in [0.5, 0.6) is 0 Å². The van der Waals surface area contributed by atoms with Gasteiger partial charge in [0.05, 0.1) is 5.37 Å². The molecular weight excluding hydrogens is 252 g/mol. The molecule has 2 unspecified atom stereocenters. The van der Waals surface area contributed by atoms with E-state index < -0.39 is 0 Å². The molecular formula is C12H20N2O3S. The van der Waals surface area contributed by atoms with E-state index in [-0.39, 0.29) is 28.3 Å². The van der Waals surface area contributed by atoms with Gasteiger partial charge in [0.2, 0.25) is 16.9 Å². The molecule has 0 saturated heterocycles. The van der Waals surface area contributed by atoms with E-state index in [1.54, 1.807) is 6.92 Å². The van der Waals surface area contributed by atoms with Gasteiger partial charge in [0.1, 0.15) is 0 Å². The molecule has 0 rings (SSSR count). The average Bonchev–Trinajstić information content (AvgIpc) is 2.13. The van der Waals surface area contributed by atoms with Crippen molar-refractivity contribution in [1.82, 2.24) is 10.6 Å². The number of hydrogen-bond donors (Lipinski definition) is 2. The molecule has 0 aliphatic carbocycles. The molecule has 0 bridgehead atoms. The van der Waals surface area contributed by atoms with Gasteiger partial charge in [-0.15, -0.1) is 0 Å². The second kappa shape index (κ2) is 7.92. The summed E-state index contributed by atoms with van der Waals surface area (Å²) in [4.78, 5) is 33.5. The third-order valence-corrected chi connectivity index (χ3v) is 3.14. The summed E-state index contributed by atoms with van der Waals surface area (Å²) >= 11 is 1.01. The van der Waals surface area contributed by atoms with Crippen LogP contribution < -0.4 is 10.6 Å². The van der Waals surface area contributed by atoms with Crippen molar-refractivity contribution in [3.8, 4) is 0 Å². The van der Waals surface area contributed by atoms with Crippen molar-refractivity contribution in [3.63, 3.8) is 0 Å². The number of carbonyl (C=O) groups excluding carboxylic acids is 3. The lowest BCUT2D eigenvalue weighted by atomic mass is 10.2. The Balaban J connectivity index is 4.48. The van der Waals surface area contributed by atoms with Crippen molar-refractivity contribution in [1.29, 1.82) is 0 Å². The van der Waals surface area contributed by atoms with Crippen LogP contribution in [0.25, 0.3) is 0 Å². The Morgan fingerprint density at radius 1 is 1.11 bits per heavy atom. The molecule has 6 heteroatoms. The molecule has 0 heterocycles. The number of rotatable bonds is 6. The number of amides is 2. The lowest BCUT2D eigenvalue weighted by molar-refractivity contribution is -0.119. The molecule has 2 amide bonds. The molecule has 0 aliphatic rings. The van der Waals surface area contributed by atoms with Gasteiger partial charge in [-0.3, -0.25) is 14.4 Å². The van der Waals surface area contributed by atoms with Gasteiger partial charge in [-0.1, -0.05) is 18.3 Å². The van der Waals surface area contributed by atoms with Gasteiger partial charge in [0.25, 0.3) is 0 Å². The summed E-state index contributed by atoms with van der Waals surface area (Å²) in [5, 5.41) is 4.86. The van der Waals surface area contributed by atoms with Gasteiger partial charge in [0, 0.05) is 19.9 Å². The molecule has 0 fully saturated rings. The van der Waals surface area contributed by atoms with Crippen molar-refractivity contribution in [3.05, 3.63) is 12.2 Å². The van der Waals surface area contributed by atoms with Gasteiger partial charge < -0.3 is 10.6 Å². The molecule has 2 atom stereocenters. The zero-order valence-electron chi connectivity index (χ0n) is 11.2. The maximum atomic E-state index is 11.6. The first kappa shape index (κ1) is 16.7. The van der Waals surface area contributed by atoms with Crippen molar-refractivity contribution in [2.24, 2.45) is 0 Å². The van der Waals surface area contributed by atoms with E-state index in [9.17, 15) is 14.4 Å². The highest BCUT2D eigenvalue weighted by molar-refractivity contribution is 8.14. The monoisotopic (exact) mass is 272 g/mol. The first-order valence-electron chi connectivity index (χ1n) is 5.63. The molecule has 18 heavy (non-hydrogen) atoms. The van der Waals surface area contributed by atoms with Crippen molar-refractivity contribution in [2.75, 3.05) is 0 Å². The minimum atomic E-state index is -0.367. The zero-order valence-corrected chi connectivity index (χ0v) is 12.0. The summed E-state index contributed by atoms with van der Waals surface area (Å²) in [5.74, 6) is -0.350. The Morgan fingerprint density at radius 2 is 1.61 bits per heavy atom. The summed E-state index contributed by atoms with van der Waals surface area (Å²) in [6.07, 6.45) is 0.475. The lowest BCUT2D eigenvalue weighted by Crippen LogP contribution is -2.39. The third-order valence-electron chi connectivity index (χ3n) is 1.98. The fourth-order valence-electron chi connectivity index (χ4n) is 1.32. The van der Waals surface area contributed by atoms with Gasteiger partial charge in [-0.25, -0.2) is 0 Å². The highest BCUT2D eigenvalue weighted by atomic mass is 32.2. The van der Waals surface area contributed by atoms with E-state index in [0.717, 1.165) is 11.8 Å². The minimum absolute atomic E-state index is 0.121. The second-order valence-corrected chi connectivity index (χ2v) is 5.39. The van der Waals surface area contributed by atoms with Crippen LogP contribution in [-0.2, 0) is 14.4 Å². The highest BCUT2D eigenvalue weighted by Crippen LogP contribution is 2.18. The third kappa shape index (κ3) is 7.89. The van der Waals surface area contributed by atoms with Crippen molar-refractivity contribution in [2.45, 2.75) is 45.5 Å². The largest absolute Gasteiger partial charge is 0.354 e. The average molecular weight is 272 g/mol. The molecule has 0 aromatic heterocycles. The Morgan fingerprint density at radius 3 is 2.00 bits per heavy atom. The van der Waals surface area contributed by atoms with E-state index in [1.807, 2.05) is 6.92 Å². The maximum absolute atomic E-state index is 11.6. The summed E-state index contributed by atoms with van der Waals surface area (Å²) in [6, 6.07) is -0.121. The standard InChI is InChI=1S/C12H20N2O3S/c1-7(2)12(17)18-11(14-10(5)16)6-8(3)13-9(4)15/h8,11H,1,6H2,2-5H3,(H,13,15)(H,14,16). The van der Waals surface area contributed by atoms with Crippen LogP contribution in [0.2, 0.25) is 0 Å². The van der Waals surface area contributed by atoms with Crippen LogP contribution in [0.4, 0.5) is 0 Å². The second-order valence-electron chi connectivity index (χ2n) is 4.21. The predicted molar refractivity (Wildman–Crippen MR) is 72.9 cm³/mol. The van der Waals surface area contributed by atoms with Crippen LogP contribution in [-0.4, -0.2) is 28.3 Å². The first-order valence-corrected chi connectivity index (χ1v) is 6.51. The van der Waals surface area contributed by atoms with Crippen LogP contribution in [0, 0.1) is 0 Å². The van der Waals surface area contributed by atoms with Crippen LogP contribution in [0.3, 0.4) is 0 Å². The normalized spacial score (nSPS) is 13.3. The van der Waals surface area contributed by atoms with Gasteiger partial charge >= 0.3 is 0 Å². The van der Waals surface area contributed by atoms with Crippen LogP contribution in [0.15, 0.2) is 12.2 Å². The van der Waals surface area contributed by atoms with E-state index in [0.29, 0.717) is 12.0 Å². The summed E-state index contributed by atoms with van der Waals surface area (Å²) in [7, 11) is 0. The molecule has 0 aliphatic heterocycles. The number of hydrogen-bond acceptors (Lipinski definition) is 4. The first-order chi connectivity index (χ1) is 8.22. The van der Waals surface area contributed by atoms with Crippen molar-refractivity contribution < 1.29 is 14.4 Å². The van der Waals surface area contributed by atoms with Gasteiger partial charge in [0.15, 0.2) is 0 Å². The Hall–Kier alpha value is -1.30. The van der Waals surface area contributed by atoms with Gasteiger partial charge in [-0.05, 0) is 25.8 Å². The smallest absolute Gasteiger partial charge is 0.217 e. The van der Waals surface area contributed by atoms with E-state index in [1.165, 1.54) is 13.8 Å². The Kier molecular flexibility index (Phi) is 7.35. The highest BCUT2D eigenvalue weighted by Gasteiger charge is 2.19. The molecule has 0 aromatic carbocycles. The molecule has 102 valence electrons. The molecule has 2 N–H and O–H groups in total. The molecule has 0 saturated carbocycles. The topological polar surface area (TPSA) is 75.3 Å². The quantitative estimate of drug-likeness (QED) is 0.563. The van der Waals surface area contributed by atoms with Gasteiger partial charge in [-0.2, -0.15) is 0 Å². The Labute approximate surface area is 112 Å². The zero-order chi connectivity index (χ0) is 14.3. The fraction of sp³-hybridized carbons (Fsp3) is 0.583. The SMILES string of the molecule is C=C(C)C(=O)SC(CC(C)NC(C)=O)NC(C)=O. The molecule has 0 aromatic rings. The maximum Gasteiger partial charge on any atom is 0.217 e. The van der Waals surface area contributed by atoms with E-state index in [4.69, 9.17) is 0 Å². The lowest BCUT2D eigenvalue weighted by Gasteiger charge is -2.21.